The molecule has 2 aromatic carbocycles. The van der Waals surface area contributed by atoms with Gasteiger partial charge in [0.2, 0.25) is 0 Å². The zero-order chi connectivity index (χ0) is 38.4. The molecule has 4 aliphatic carbocycles. The first-order chi connectivity index (χ1) is 26.0. The number of benzene rings is 2. The fourth-order valence-electron chi connectivity index (χ4n) is 12.7. The molecule has 293 valence electrons. The maximum Gasteiger partial charge on any atom is 1.00 e. The van der Waals surface area contributed by atoms with Gasteiger partial charge in [-0.3, -0.25) is 4.90 Å². The Labute approximate surface area is 355 Å². The van der Waals surface area contributed by atoms with Gasteiger partial charge in [-0.05, 0) is 101 Å². The first-order valence-electron chi connectivity index (χ1n) is 19.9. The van der Waals surface area contributed by atoms with Gasteiger partial charge >= 0.3 is 29.6 Å². The molecule has 6 unspecified atom stereocenters. The summed E-state index contributed by atoms with van der Waals surface area (Å²) in [6, 6.07) is 7.64. The molecule has 8 aliphatic rings. The number of piperidine rings is 2. The number of rotatable bonds is 7. The molecule has 13 heteroatoms. The average Bonchev–Trinajstić information content (AvgIpc) is 3.70. The van der Waals surface area contributed by atoms with Crippen molar-refractivity contribution in [3.05, 3.63) is 78.0 Å². The number of phenols is 2. The molecule has 4 bridgehead atoms. The summed E-state index contributed by atoms with van der Waals surface area (Å²) in [4.78, 5) is 4.65. The first kappa shape index (κ1) is 42.9. The van der Waals surface area contributed by atoms with Crippen molar-refractivity contribution < 1.29 is 59.5 Å². The summed E-state index contributed by atoms with van der Waals surface area (Å²) in [5, 5.41) is 55.1. The van der Waals surface area contributed by atoms with Crippen molar-refractivity contribution >= 4 is 8.41 Å². The summed E-state index contributed by atoms with van der Waals surface area (Å²) < 4.78 is 12.7. The standard InChI is InChI=1S/C23H32N2O3.C19H24N2O3.CN.B.Na/c1-3-5-11-24-16-8-9-23(27)18-14-15-6-7-17(26)20-19(15)22(23,21(16)28-20)10-13-25(18)12-4-2;1-10(2)21-8-7-18-15-11-3-4-13(22)16(15)24-17(18)12(20)5-6-19(18,23)14(21)9-11;1-2;;/h4,6-7,16,18,21,24,26-27H,2-3,5,8-14H2,1H3;3-4,12,14,17,22-23H,1,5-9,20H2,2H3;;;/q;;-1;;+1/t16?,18?,21-,22+,23?;12?,14?,17-,18+,19?;;;/m11.../s1. The van der Waals surface area contributed by atoms with Crippen molar-refractivity contribution in [2.75, 3.05) is 26.2 Å². The van der Waals surface area contributed by atoms with Gasteiger partial charge in [0.05, 0.1) is 28.1 Å². The third-order valence-electron chi connectivity index (χ3n) is 14.9. The number of aliphatic hydroxyl groups is 2. The number of nitrogens with two attached hydrogens (primary N) is 1. The number of likely N-dealkylation sites (tertiary alicyclic amines) is 2. The van der Waals surface area contributed by atoms with Gasteiger partial charge in [-0.2, -0.15) is 0 Å². The Morgan fingerprint density at radius 2 is 1.48 bits per heavy atom. The zero-order valence-electron chi connectivity index (χ0n) is 33.3. The van der Waals surface area contributed by atoms with Crippen LogP contribution < -0.4 is 50.1 Å². The number of aromatic hydroxyl groups is 2. The van der Waals surface area contributed by atoms with E-state index < -0.39 is 22.0 Å². The number of nitrogens with zero attached hydrogens (tertiary/aromatic N) is 3. The maximum atomic E-state index is 12.2. The average molecular weight is 773 g/mol. The van der Waals surface area contributed by atoms with Gasteiger partial charge in [-0.25, -0.2) is 0 Å². The van der Waals surface area contributed by atoms with Crippen molar-refractivity contribution in [3.8, 4) is 23.0 Å². The molecule has 10 rings (SSSR count). The van der Waals surface area contributed by atoms with E-state index in [0.29, 0.717) is 17.9 Å². The third kappa shape index (κ3) is 5.52. The Balaban J connectivity index is 0.000000177. The van der Waals surface area contributed by atoms with Gasteiger partial charge in [-0.15, -0.1) is 6.58 Å². The van der Waals surface area contributed by atoms with E-state index in [4.69, 9.17) is 27.0 Å². The van der Waals surface area contributed by atoms with E-state index >= 15 is 0 Å². The van der Waals surface area contributed by atoms with Gasteiger partial charge in [0.25, 0.3) is 0 Å². The van der Waals surface area contributed by atoms with Crippen LogP contribution in [-0.4, -0.2) is 112 Å². The molecule has 2 saturated heterocycles. The van der Waals surface area contributed by atoms with Crippen molar-refractivity contribution in [2.24, 2.45) is 5.73 Å². The van der Waals surface area contributed by atoms with E-state index in [0.717, 1.165) is 101 Å². The number of unbranched alkanes of at least 4 members (excludes halogenated alkanes) is 1. The molecule has 4 heterocycles. The summed E-state index contributed by atoms with van der Waals surface area (Å²) in [7, 11) is 0. The van der Waals surface area contributed by atoms with Crippen LogP contribution in [0.1, 0.15) is 87.5 Å². The van der Waals surface area contributed by atoms with Crippen LogP contribution in [0.3, 0.4) is 0 Å². The Bertz CT molecular complexity index is 1880. The van der Waals surface area contributed by atoms with Crippen LogP contribution in [0, 0.1) is 11.8 Å². The van der Waals surface area contributed by atoms with Gasteiger partial charge < -0.3 is 57.7 Å². The summed E-state index contributed by atoms with van der Waals surface area (Å²) in [6.07, 6.45) is 10.1. The predicted octanol–water partition coefficient (Wildman–Crippen LogP) is 0.617. The fourth-order valence-corrected chi connectivity index (χ4v) is 12.7. The molecule has 7 N–H and O–H groups in total. The first-order valence-corrected chi connectivity index (χ1v) is 19.9. The predicted molar refractivity (Wildman–Crippen MR) is 210 cm³/mol. The number of hydrogen-bond acceptors (Lipinski definition) is 11. The number of allylic oxidation sites excluding steroid dienone is 1. The van der Waals surface area contributed by atoms with E-state index in [1.807, 2.05) is 25.1 Å². The molecular formula is C43H56BN5NaO6. The molecule has 3 radical (unpaired) electrons. The van der Waals surface area contributed by atoms with Crippen molar-refractivity contribution in [2.45, 2.75) is 136 Å². The zero-order valence-corrected chi connectivity index (χ0v) is 35.3. The molecule has 4 fully saturated rings. The van der Waals surface area contributed by atoms with E-state index in [9.17, 15) is 20.4 Å². The van der Waals surface area contributed by atoms with Crippen LogP contribution in [0.5, 0.6) is 23.0 Å². The van der Waals surface area contributed by atoms with Crippen LogP contribution in [0.4, 0.5) is 0 Å². The molecule has 10 atom stereocenters. The number of nitrogens with one attached hydrogen (secondary N) is 1. The maximum absolute atomic E-state index is 12.2. The Kier molecular flexibility index (Phi) is 11.8. The van der Waals surface area contributed by atoms with Gasteiger partial charge in [0.15, 0.2) is 23.0 Å². The van der Waals surface area contributed by atoms with Gasteiger partial charge in [0, 0.05) is 56.5 Å². The van der Waals surface area contributed by atoms with Crippen LogP contribution in [0.15, 0.2) is 49.2 Å². The Morgan fingerprint density at radius 1 is 0.929 bits per heavy atom. The summed E-state index contributed by atoms with van der Waals surface area (Å²) in [6.45, 7) is 20.6. The van der Waals surface area contributed by atoms with E-state index in [1.165, 1.54) is 11.1 Å². The molecule has 56 heavy (non-hydrogen) atoms. The molecule has 0 aromatic heterocycles. The van der Waals surface area contributed by atoms with Gasteiger partial charge in [-0.1, -0.05) is 38.1 Å². The number of phenolic OH excluding ortho intramolecular Hbond substituents is 2. The summed E-state index contributed by atoms with van der Waals surface area (Å²) >= 11 is 0. The van der Waals surface area contributed by atoms with Crippen molar-refractivity contribution in [1.82, 2.24) is 15.1 Å². The summed E-state index contributed by atoms with van der Waals surface area (Å²) in [5.74, 6) is 1.55. The number of hydrogen-bond donors (Lipinski definition) is 6. The van der Waals surface area contributed by atoms with E-state index in [-0.39, 0.29) is 85.8 Å². The second-order valence-electron chi connectivity index (χ2n) is 17.1. The quantitative estimate of drug-likeness (QED) is 0.101. The minimum absolute atomic E-state index is 0. The Hall–Kier alpha value is -2.73. The van der Waals surface area contributed by atoms with Crippen LogP contribution >= 0.6 is 0 Å². The molecule has 11 nitrogen and oxygen atoms in total. The van der Waals surface area contributed by atoms with Gasteiger partial charge in [0.1, 0.15) is 12.2 Å². The minimum Gasteiger partial charge on any atom is -0.512 e. The monoisotopic (exact) mass is 772 g/mol. The van der Waals surface area contributed by atoms with Crippen LogP contribution in [0.2, 0.25) is 0 Å². The molecule has 4 aliphatic heterocycles. The second-order valence-corrected chi connectivity index (χ2v) is 17.1. The minimum atomic E-state index is -0.892. The third-order valence-corrected chi connectivity index (χ3v) is 14.9. The van der Waals surface area contributed by atoms with E-state index in [1.54, 1.807) is 12.1 Å². The molecule has 2 aromatic rings. The second kappa shape index (κ2) is 15.5. The normalized spacial score (nSPS) is 36.9. The Morgan fingerprint density at radius 3 is 2.09 bits per heavy atom. The molecule has 2 spiro atoms. The molecule has 2 saturated carbocycles. The summed E-state index contributed by atoms with van der Waals surface area (Å²) in [5.41, 5.74) is 9.26. The van der Waals surface area contributed by atoms with Crippen molar-refractivity contribution in [1.29, 1.82) is 5.26 Å². The van der Waals surface area contributed by atoms with E-state index in [2.05, 4.69) is 35.2 Å². The largest absolute Gasteiger partial charge is 1.00 e. The molecular weight excluding hydrogens is 716 g/mol. The van der Waals surface area contributed by atoms with Crippen LogP contribution in [-0.2, 0) is 23.7 Å². The van der Waals surface area contributed by atoms with Crippen molar-refractivity contribution in [3.63, 3.8) is 0 Å². The number of ether oxygens (including phenoxy) is 2. The SMILES string of the molecule is C=C(C)N1CC[C@]23c4c5ccc(O)c4O[C@@H]2C(N)CCC3(O)C1C5.C=CCN1CC[C@]23c4c5ccc(O)c4O[C@@H]2C(NCCCC)CCC3(O)C1C5.[B].[C-]#N.[Na+]. The smallest absolute Gasteiger partial charge is 0.512 e. The molecule has 0 amide bonds. The fraction of sp³-hybridized carbons (Fsp3) is 0.605. The topological polar surface area (TPSA) is 168 Å². The van der Waals surface area contributed by atoms with Crippen LogP contribution in [0.25, 0.3) is 0 Å².